The van der Waals surface area contributed by atoms with Crippen molar-refractivity contribution in [2.45, 2.75) is 17.3 Å². The van der Waals surface area contributed by atoms with Crippen LogP contribution < -0.4 is 10.3 Å². The standard InChI is InChI=1S/C18H17N3O4S2/c1-24-14-5-3-11(4-6-14)17-19-13(9-26-17)10-27-18-20-12(7-15(22)21-18)8-16(23)25-2/h3-7,9H,8,10H2,1-2H3,(H,20,21,22). The molecule has 140 valence electrons. The van der Waals surface area contributed by atoms with E-state index in [9.17, 15) is 9.59 Å². The van der Waals surface area contributed by atoms with Gasteiger partial charge in [-0.15, -0.1) is 11.3 Å². The van der Waals surface area contributed by atoms with Gasteiger partial charge in [-0.3, -0.25) is 9.59 Å². The van der Waals surface area contributed by atoms with Crippen molar-refractivity contribution in [3.8, 4) is 16.3 Å². The van der Waals surface area contributed by atoms with Gasteiger partial charge in [0.2, 0.25) is 0 Å². The first-order valence-corrected chi connectivity index (χ1v) is 9.82. The van der Waals surface area contributed by atoms with Crippen LogP contribution >= 0.6 is 23.1 Å². The molecule has 1 aromatic carbocycles. The number of esters is 1. The van der Waals surface area contributed by atoms with Gasteiger partial charge in [-0.1, -0.05) is 11.8 Å². The number of benzene rings is 1. The van der Waals surface area contributed by atoms with E-state index < -0.39 is 5.97 Å². The molecule has 3 rings (SSSR count). The van der Waals surface area contributed by atoms with Gasteiger partial charge in [-0.05, 0) is 24.3 Å². The molecule has 2 aromatic heterocycles. The van der Waals surface area contributed by atoms with Gasteiger partial charge in [0, 0.05) is 22.8 Å². The first-order chi connectivity index (χ1) is 13.1. The molecule has 0 saturated carbocycles. The lowest BCUT2D eigenvalue weighted by molar-refractivity contribution is -0.139. The van der Waals surface area contributed by atoms with Crippen LogP contribution in [0.5, 0.6) is 5.75 Å². The molecular formula is C18H17N3O4S2. The lowest BCUT2D eigenvalue weighted by Gasteiger charge is -2.03. The fourth-order valence-corrected chi connectivity index (χ4v) is 3.96. The lowest BCUT2D eigenvalue weighted by atomic mass is 10.2. The second-order valence-electron chi connectivity index (χ2n) is 5.46. The number of thioether (sulfide) groups is 1. The van der Waals surface area contributed by atoms with Crippen molar-refractivity contribution in [2.75, 3.05) is 14.2 Å². The van der Waals surface area contributed by atoms with Crippen molar-refractivity contribution in [3.63, 3.8) is 0 Å². The van der Waals surface area contributed by atoms with Crippen LogP contribution in [0.3, 0.4) is 0 Å². The van der Waals surface area contributed by atoms with Crippen molar-refractivity contribution in [2.24, 2.45) is 0 Å². The van der Waals surface area contributed by atoms with Gasteiger partial charge in [0.05, 0.1) is 32.0 Å². The minimum absolute atomic E-state index is 0.0354. The zero-order chi connectivity index (χ0) is 19.2. The Kier molecular flexibility index (Phi) is 6.25. The van der Waals surface area contributed by atoms with E-state index in [0.29, 0.717) is 16.6 Å². The predicted octanol–water partition coefficient (Wildman–Crippen LogP) is 2.91. The minimum atomic E-state index is -0.437. The third-order valence-electron chi connectivity index (χ3n) is 3.57. The number of thiazole rings is 1. The van der Waals surface area contributed by atoms with Crippen molar-refractivity contribution in [3.05, 3.63) is 57.5 Å². The molecule has 27 heavy (non-hydrogen) atoms. The molecule has 0 fully saturated rings. The Morgan fingerprint density at radius 3 is 2.67 bits per heavy atom. The highest BCUT2D eigenvalue weighted by molar-refractivity contribution is 7.98. The molecule has 0 atom stereocenters. The zero-order valence-corrected chi connectivity index (χ0v) is 16.4. The quantitative estimate of drug-likeness (QED) is 0.368. The molecule has 9 heteroatoms. The van der Waals surface area contributed by atoms with E-state index in [1.165, 1.54) is 24.9 Å². The number of aromatic nitrogens is 3. The molecule has 0 amide bonds. The van der Waals surface area contributed by atoms with Crippen LogP contribution in [0.4, 0.5) is 0 Å². The van der Waals surface area contributed by atoms with Crippen LogP contribution in [0, 0.1) is 0 Å². The normalized spacial score (nSPS) is 10.6. The van der Waals surface area contributed by atoms with Crippen LogP contribution in [0.1, 0.15) is 11.4 Å². The highest BCUT2D eigenvalue weighted by atomic mass is 32.2. The summed E-state index contributed by atoms with van der Waals surface area (Å²) in [4.78, 5) is 34.7. The van der Waals surface area contributed by atoms with Crippen LogP contribution in [0.2, 0.25) is 0 Å². The van der Waals surface area contributed by atoms with Gasteiger partial charge >= 0.3 is 5.97 Å². The highest BCUT2D eigenvalue weighted by Gasteiger charge is 2.10. The Morgan fingerprint density at radius 2 is 1.96 bits per heavy atom. The first kappa shape index (κ1) is 19.1. The van der Waals surface area contributed by atoms with Gasteiger partial charge < -0.3 is 14.5 Å². The third-order valence-corrected chi connectivity index (χ3v) is 5.42. The molecular weight excluding hydrogens is 386 g/mol. The Hall–Kier alpha value is -2.65. The van der Waals surface area contributed by atoms with Crippen molar-refractivity contribution in [1.29, 1.82) is 0 Å². The SMILES string of the molecule is COC(=O)Cc1cc(=O)[nH]c(SCc2csc(-c3ccc(OC)cc3)n2)n1. The molecule has 0 unspecified atom stereocenters. The number of methoxy groups -OCH3 is 2. The van der Waals surface area contributed by atoms with Crippen LogP contribution in [0.15, 0.2) is 45.7 Å². The van der Waals surface area contributed by atoms with E-state index in [1.807, 2.05) is 29.6 Å². The number of hydrogen-bond acceptors (Lipinski definition) is 8. The summed E-state index contributed by atoms with van der Waals surface area (Å²) in [5.74, 6) is 0.915. The van der Waals surface area contributed by atoms with Gasteiger partial charge in [0.25, 0.3) is 5.56 Å². The predicted molar refractivity (Wildman–Crippen MR) is 104 cm³/mol. The Balaban J connectivity index is 1.67. The molecule has 0 spiro atoms. The summed E-state index contributed by atoms with van der Waals surface area (Å²) in [6.07, 6.45) is -0.0354. The number of H-pyrrole nitrogens is 1. The van der Waals surface area contributed by atoms with Gasteiger partial charge in [-0.25, -0.2) is 9.97 Å². The minimum Gasteiger partial charge on any atom is -0.497 e. The molecule has 1 N–H and O–H groups in total. The van der Waals surface area contributed by atoms with Gasteiger partial charge in [0.15, 0.2) is 5.16 Å². The molecule has 0 saturated heterocycles. The smallest absolute Gasteiger partial charge is 0.311 e. The molecule has 0 aliphatic rings. The van der Waals surface area contributed by atoms with E-state index in [0.717, 1.165) is 22.0 Å². The third kappa shape index (κ3) is 5.18. The van der Waals surface area contributed by atoms with Gasteiger partial charge in [-0.2, -0.15) is 0 Å². The maximum atomic E-state index is 11.7. The Bertz CT molecular complexity index is 983. The zero-order valence-electron chi connectivity index (χ0n) is 14.7. The topological polar surface area (TPSA) is 94.2 Å². The van der Waals surface area contributed by atoms with Crippen molar-refractivity contribution < 1.29 is 14.3 Å². The van der Waals surface area contributed by atoms with E-state index in [-0.39, 0.29) is 12.0 Å². The monoisotopic (exact) mass is 403 g/mol. The summed E-state index contributed by atoms with van der Waals surface area (Å²) < 4.78 is 9.77. The summed E-state index contributed by atoms with van der Waals surface area (Å²) in [6.45, 7) is 0. The molecule has 7 nitrogen and oxygen atoms in total. The maximum absolute atomic E-state index is 11.7. The summed E-state index contributed by atoms with van der Waals surface area (Å²) >= 11 is 2.91. The highest BCUT2D eigenvalue weighted by Crippen LogP contribution is 2.28. The van der Waals surface area contributed by atoms with E-state index in [1.54, 1.807) is 18.4 Å². The number of nitrogens with zero attached hydrogens (tertiary/aromatic N) is 2. The summed E-state index contributed by atoms with van der Waals surface area (Å²) in [7, 11) is 2.93. The fourth-order valence-electron chi connectivity index (χ4n) is 2.24. The van der Waals surface area contributed by atoms with Crippen LogP contribution in [-0.4, -0.2) is 35.1 Å². The summed E-state index contributed by atoms with van der Waals surface area (Å²) in [5, 5.41) is 3.33. The van der Waals surface area contributed by atoms with Crippen molar-refractivity contribution >= 4 is 29.1 Å². The molecule has 0 bridgehead atoms. The average Bonchev–Trinajstić information content (AvgIpc) is 3.15. The van der Waals surface area contributed by atoms with Crippen molar-refractivity contribution in [1.82, 2.24) is 15.0 Å². The average molecular weight is 403 g/mol. The molecule has 2 heterocycles. The number of carbonyl (C=O) groups excluding carboxylic acids is 1. The second kappa shape index (κ2) is 8.83. The van der Waals surface area contributed by atoms with Crippen LogP contribution in [-0.2, 0) is 21.7 Å². The molecule has 0 aliphatic heterocycles. The van der Waals surface area contributed by atoms with Crippen LogP contribution in [0.25, 0.3) is 10.6 Å². The van der Waals surface area contributed by atoms with E-state index in [2.05, 4.69) is 19.7 Å². The second-order valence-corrected chi connectivity index (χ2v) is 7.28. The number of rotatable bonds is 7. The number of hydrogen-bond donors (Lipinski definition) is 1. The summed E-state index contributed by atoms with van der Waals surface area (Å²) in [6, 6.07) is 9.01. The Labute approximate surface area is 163 Å². The van der Waals surface area contributed by atoms with Gasteiger partial charge in [0.1, 0.15) is 10.8 Å². The van der Waals surface area contributed by atoms with E-state index in [4.69, 9.17) is 4.74 Å². The summed E-state index contributed by atoms with van der Waals surface area (Å²) in [5.41, 5.74) is 1.98. The maximum Gasteiger partial charge on any atom is 0.311 e. The molecule has 3 aromatic rings. The Morgan fingerprint density at radius 1 is 1.19 bits per heavy atom. The number of carbonyl (C=O) groups is 1. The fraction of sp³-hybridized carbons (Fsp3) is 0.222. The molecule has 0 radical (unpaired) electrons. The number of nitrogens with one attached hydrogen (secondary N) is 1. The first-order valence-electron chi connectivity index (χ1n) is 7.96. The molecule has 0 aliphatic carbocycles. The number of ether oxygens (including phenoxy) is 2. The number of aromatic amines is 1. The lowest BCUT2D eigenvalue weighted by Crippen LogP contribution is -2.13. The van der Waals surface area contributed by atoms with E-state index >= 15 is 0 Å². The largest absolute Gasteiger partial charge is 0.497 e.